The molecule has 2 aromatic heterocycles. The number of amides is 1. The van der Waals surface area contributed by atoms with Crippen molar-refractivity contribution >= 4 is 38.3 Å². The first-order valence-corrected chi connectivity index (χ1v) is 8.93. The minimum absolute atomic E-state index is 0.0344. The Kier molecular flexibility index (Phi) is 4.42. The van der Waals surface area contributed by atoms with E-state index in [1.807, 2.05) is 30.3 Å². The van der Waals surface area contributed by atoms with Crippen molar-refractivity contribution in [3.05, 3.63) is 76.5 Å². The Balaban J connectivity index is 1.79. The van der Waals surface area contributed by atoms with Crippen LogP contribution < -0.4 is 5.32 Å². The summed E-state index contributed by atoms with van der Waals surface area (Å²) in [4.78, 5) is 31.5. The number of hydrogen-bond acceptors (Lipinski definition) is 7. The third kappa shape index (κ3) is 3.38. The van der Waals surface area contributed by atoms with E-state index in [2.05, 4.69) is 15.3 Å². The topological polar surface area (TPSA) is 118 Å². The summed E-state index contributed by atoms with van der Waals surface area (Å²) in [5.41, 5.74) is 2.15. The minimum Gasteiger partial charge on any atom is -0.508 e. The molecule has 0 atom stereocenters. The van der Waals surface area contributed by atoms with Gasteiger partial charge in [0, 0.05) is 17.0 Å². The van der Waals surface area contributed by atoms with Gasteiger partial charge in [-0.1, -0.05) is 30.3 Å². The number of rotatable bonds is 4. The first-order valence-electron chi connectivity index (χ1n) is 8.12. The van der Waals surface area contributed by atoms with Crippen LogP contribution >= 0.6 is 11.3 Å². The van der Waals surface area contributed by atoms with Crippen molar-refractivity contribution in [1.29, 1.82) is 0 Å². The molecule has 2 aromatic carbocycles. The molecule has 28 heavy (non-hydrogen) atoms. The highest BCUT2D eigenvalue weighted by Gasteiger charge is 2.18. The standard InChI is InChI=1S/C19H12N4O4S/c24-12-6-7-13-14(18(25)22-19-20-10-17(28-19)23(26)27)9-15(21-16(13)8-12)11-4-2-1-3-5-11/h1-10,24H,(H,20,22,25). The number of carbonyl (C=O) groups excluding carboxylic acids is 1. The molecule has 2 N–H and O–H groups in total. The van der Waals surface area contributed by atoms with Crippen LogP contribution in [0.4, 0.5) is 10.1 Å². The van der Waals surface area contributed by atoms with E-state index in [-0.39, 0.29) is 15.9 Å². The highest BCUT2D eigenvalue weighted by atomic mass is 32.1. The van der Waals surface area contributed by atoms with Crippen molar-refractivity contribution < 1.29 is 14.8 Å². The summed E-state index contributed by atoms with van der Waals surface area (Å²) in [7, 11) is 0. The molecule has 0 bridgehead atoms. The summed E-state index contributed by atoms with van der Waals surface area (Å²) in [5.74, 6) is -0.438. The largest absolute Gasteiger partial charge is 0.508 e. The highest BCUT2D eigenvalue weighted by Crippen LogP contribution is 2.29. The molecule has 0 aliphatic heterocycles. The van der Waals surface area contributed by atoms with Gasteiger partial charge in [0.15, 0.2) is 5.13 Å². The molecule has 0 saturated carbocycles. The number of aromatic nitrogens is 2. The van der Waals surface area contributed by atoms with E-state index in [4.69, 9.17) is 0 Å². The number of pyridine rings is 1. The van der Waals surface area contributed by atoms with Crippen molar-refractivity contribution in [2.24, 2.45) is 0 Å². The van der Waals surface area contributed by atoms with Crippen LogP contribution in [0.3, 0.4) is 0 Å². The van der Waals surface area contributed by atoms with Gasteiger partial charge in [-0.15, -0.1) is 0 Å². The number of thiazole rings is 1. The maximum Gasteiger partial charge on any atom is 0.345 e. The summed E-state index contributed by atoms with van der Waals surface area (Å²) in [5, 5.41) is 23.7. The lowest BCUT2D eigenvalue weighted by molar-refractivity contribution is -0.380. The second-order valence-electron chi connectivity index (χ2n) is 5.84. The fourth-order valence-corrected chi connectivity index (χ4v) is 3.36. The molecule has 0 unspecified atom stereocenters. The molecule has 138 valence electrons. The van der Waals surface area contributed by atoms with Crippen molar-refractivity contribution in [1.82, 2.24) is 9.97 Å². The Morgan fingerprint density at radius 3 is 2.64 bits per heavy atom. The number of carbonyl (C=O) groups is 1. The normalized spacial score (nSPS) is 10.7. The van der Waals surface area contributed by atoms with E-state index < -0.39 is 10.8 Å². The molecule has 8 nitrogen and oxygen atoms in total. The van der Waals surface area contributed by atoms with Gasteiger partial charge in [-0.2, -0.15) is 0 Å². The number of hydrogen-bond donors (Lipinski definition) is 2. The molecule has 0 spiro atoms. The van der Waals surface area contributed by atoms with Crippen LogP contribution in [0.1, 0.15) is 10.4 Å². The second-order valence-corrected chi connectivity index (χ2v) is 6.85. The van der Waals surface area contributed by atoms with Crippen LogP contribution in [-0.2, 0) is 0 Å². The molecule has 4 aromatic rings. The lowest BCUT2D eigenvalue weighted by atomic mass is 10.0. The third-order valence-corrected chi connectivity index (χ3v) is 4.87. The van der Waals surface area contributed by atoms with Crippen LogP contribution in [0.2, 0.25) is 0 Å². The molecule has 2 heterocycles. The Morgan fingerprint density at radius 2 is 1.93 bits per heavy atom. The Morgan fingerprint density at radius 1 is 1.14 bits per heavy atom. The number of benzene rings is 2. The quantitative estimate of drug-likeness (QED) is 0.396. The summed E-state index contributed by atoms with van der Waals surface area (Å²) < 4.78 is 0. The summed E-state index contributed by atoms with van der Waals surface area (Å²) in [6.45, 7) is 0. The Hall–Kier alpha value is -3.85. The van der Waals surface area contributed by atoms with Gasteiger partial charge in [-0.25, -0.2) is 9.97 Å². The van der Waals surface area contributed by atoms with Crippen molar-refractivity contribution in [2.75, 3.05) is 5.32 Å². The lowest BCUT2D eigenvalue weighted by Crippen LogP contribution is -2.13. The van der Waals surface area contributed by atoms with Gasteiger partial charge in [0.2, 0.25) is 0 Å². The number of nitro groups is 1. The van der Waals surface area contributed by atoms with E-state index in [9.17, 15) is 20.0 Å². The van der Waals surface area contributed by atoms with Gasteiger partial charge < -0.3 is 5.11 Å². The summed E-state index contributed by atoms with van der Waals surface area (Å²) in [6.07, 6.45) is 1.10. The smallest absolute Gasteiger partial charge is 0.345 e. The number of phenolic OH excluding ortho intramolecular Hbond substituents is 1. The zero-order valence-electron chi connectivity index (χ0n) is 14.2. The van der Waals surface area contributed by atoms with Gasteiger partial charge in [-0.3, -0.25) is 20.2 Å². The maximum absolute atomic E-state index is 12.9. The molecule has 0 aliphatic carbocycles. The molecular formula is C19H12N4O4S. The summed E-state index contributed by atoms with van der Waals surface area (Å²) in [6, 6.07) is 15.5. The predicted octanol–water partition coefficient (Wildman–Crippen LogP) is 4.22. The molecule has 0 saturated heterocycles. The monoisotopic (exact) mass is 392 g/mol. The number of anilines is 1. The van der Waals surface area contributed by atoms with Crippen molar-refractivity contribution in [3.63, 3.8) is 0 Å². The Bertz CT molecular complexity index is 1210. The predicted molar refractivity (Wildman–Crippen MR) is 106 cm³/mol. The van der Waals surface area contributed by atoms with Crippen LogP contribution in [0, 0.1) is 10.1 Å². The lowest BCUT2D eigenvalue weighted by Gasteiger charge is -2.10. The maximum atomic E-state index is 12.9. The van der Waals surface area contributed by atoms with E-state index >= 15 is 0 Å². The van der Waals surface area contributed by atoms with Crippen molar-refractivity contribution in [3.8, 4) is 17.0 Å². The molecular weight excluding hydrogens is 380 g/mol. The van der Waals surface area contributed by atoms with E-state index in [0.29, 0.717) is 22.2 Å². The Labute approximate surface area is 162 Å². The first kappa shape index (κ1) is 17.6. The molecule has 0 fully saturated rings. The molecule has 4 rings (SSSR count). The van der Waals surface area contributed by atoms with Gasteiger partial charge in [0.1, 0.15) is 11.9 Å². The number of phenols is 1. The number of nitrogens with one attached hydrogen (secondary N) is 1. The van der Waals surface area contributed by atoms with Gasteiger partial charge in [0.05, 0.1) is 21.7 Å². The van der Waals surface area contributed by atoms with Gasteiger partial charge in [-0.05, 0) is 29.5 Å². The summed E-state index contributed by atoms with van der Waals surface area (Å²) >= 11 is 0.775. The number of nitrogens with zero attached hydrogens (tertiary/aromatic N) is 3. The minimum atomic E-state index is -0.564. The van der Waals surface area contributed by atoms with Crippen molar-refractivity contribution in [2.45, 2.75) is 0 Å². The SMILES string of the molecule is O=C(Nc1ncc([N+](=O)[O-])s1)c1cc(-c2ccccc2)nc2cc(O)ccc12. The highest BCUT2D eigenvalue weighted by molar-refractivity contribution is 7.18. The van der Waals surface area contributed by atoms with E-state index in [0.717, 1.165) is 23.1 Å². The molecule has 0 aliphatic rings. The third-order valence-electron chi connectivity index (χ3n) is 4.00. The van der Waals surface area contributed by atoms with Crippen LogP contribution in [0.15, 0.2) is 60.8 Å². The fraction of sp³-hybridized carbons (Fsp3) is 0. The number of aromatic hydroxyl groups is 1. The van der Waals surface area contributed by atoms with Crippen LogP contribution in [0.5, 0.6) is 5.75 Å². The molecule has 1 amide bonds. The van der Waals surface area contributed by atoms with E-state index in [1.165, 1.54) is 12.1 Å². The van der Waals surface area contributed by atoms with Crippen LogP contribution in [0.25, 0.3) is 22.2 Å². The average molecular weight is 392 g/mol. The zero-order valence-corrected chi connectivity index (χ0v) is 15.0. The second kappa shape index (κ2) is 7.05. The molecule has 0 radical (unpaired) electrons. The molecule has 9 heteroatoms. The first-order chi connectivity index (χ1) is 13.5. The van der Waals surface area contributed by atoms with Gasteiger partial charge >= 0.3 is 5.00 Å². The van der Waals surface area contributed by atoms with Gasteiger partial charge in [0.25, 0.3) is 5.91 Å². The number of fused-ring (bicyclic) bond motifs is 1. The average Bonchev–Trinajstić information content (AvgIpc) is 3.16. The van der Waals surface area contributed by atoms with E-state index in [1.54, 1.807) is 12.1 Å². The van der Waals surface area contributed by atoms with Crippen LogP contribution in [-0.4, -0.2) is 25.9 Å². The zero-order chi connectivity index (χ0) is 19.7. The fourth-order valence-electron chi connectivity index (χ4n) is 2.73.